The zero-order valence-corrected chi connectivity index (χ0v) is 13.2. The lowest BCUT2D eigenvalue weighted by molar-refractivity contribution is 0.153. The molecule has 0 radical (unpaired) electrons. The Morgan fingerprint density at radius 3 is 2.35 bits per heavy atom. The fourth-order valence-corrected chi connectivity index (χ4v) is 2.77. The lowest BCUT2D eigenvalue weighted by atomic mass is 10.1. The van der Waals surface area contributed by atoms with Crippen LogP contribution in [0.4, 0.5) is 17.6 Å². The van der Waals surface area contributed by atoms with Crippen molar-refractivity contribution in [3.05, 3.63) is 78.0 Å². The monoisotopic (exact) mass is 357 g/mol. The molecule has 0 aliphatic rings. The number of alkyl halides is 2. The zero-order valence-electron chi connectivity index (χ0n) is 13.2. The highest BCUT2D eigenvalue weighted by Crippen LogP contribution is 2.32. The van der Waals surface area contributed by atoms with Crippen LogP contribution < -0.4 is 0 Å². The van der Waals surface area contributed by atoms with Gasteiger partial charge in [-0.1, -0.05) is 12.1 Å². The summed E-state index contributed by atoms with van der Waals surface area (Å²) in [4.78, 5) is 4.37. The molecule has 0 aliphatic heterocycles. The number of para-hydroxylation sites is 1. The number of hydrogen-bond donors (Lipinski definition) is 0. The molecule has 0 amide bonds. The van der Waals surface area contributed by atoms with Crippen LogP contribution >= 0.6 is 0 Å². The van der Waals surface area contributed by atoms with Crippen molar-refractivity contribution in [3.63, 3.8) is 0 Å². The predicted molar refractivity (Wildman–Crippen MR) is 89.2 cm³/mol. The van der Waals surface area contributed by atoms with E-state index in [9.17, 15) is 17.6 Å². The number of pyridine rings is 1. The summed E-state index contributed by atoms with van der Waals surface area (Å²) in [5.74, 6) is -0.995. The van der Waals surface area contributed by atoms with Gasteiger partial charge < -0.3 is 0 Å². The minimum atomic E-state index is -2.77. The fraction of sp³-hybridized carbons (Fsp3) is 0.0526. The van der Waals surface area contributed by atoms with Crippen LogP contribution in [0.3, 0.4) is 0 Å². The molecule has 3 nitrogen and oxygen atoms in total. The molecule has 4 rings (SSSR count). The summed E-state index contributed by atoms with van der Waals surface area (Å²) in [5.41, 5.74) is 0.637. The summed E-state index contributed by atoms with van der Waals surface area (Å²) in [6, 6.07) is 12.4. The molecule has 0 saturated carbocycles. The number of hydrogen-bond acceptors (Lipinski definition) is 2. The highest BCUT2D eigenvalue weighted by atomic mass is 19.3. The summed E-state index contributed by atoms with van der Waals surface area (Å²) < 4.78 is 55.6. The van der Waals surface area contributed by atoms with Crippen LogP contribution in [-0.4, -0.2) is 14.8 Å². The number of fused-ring (bicyclic) bond motifs is 1. The van der Waals surface area contributed by atoms with Crippen LogP contribution in [0.2, 0.25) is 0 Å². The molecule has 0 atom stereocenters. The van der Waals surface area contributed by atoms with E-state index in [-0.39, 0.29) is 28.0 Å². The first-order chi connectivity index (χ1) is 12.5. The van der Waals surface area contributed by atoms with Gasteiger partial charge in [-0.25, -0.2) is 27.2 Å². The maximum Gasteiger partial charge on any atom is 0.264 e. The number of aromatic nitrogens is 3. The molecule has 0 unspecified atom stereocenters. The normalized spacial score (nSPS) is 11.4. The number of benzene rings is 2. The first kappa shape index (κ1) is 16.3. The van der Waals surface area contributed by atoms with Gasteiger partial charge in [-0.15, -0.1) is 0 Å². The Bertz CT molecular complexity index is 1090. The van der Waals surface area contributed by atoms with E-state index in [0.29, 0.717) is 5.56 Å². The highest BCUT2D eigenvalue weighted by molar-refractivity contribution is 5.83. The van der Waals surface area contributed by atoms with Crippen molar-refractivity contribution in [3.8, 4) is 16.9 Å². The third-order valence-corrected chi connectivity index (χ3v) is 4.03. The van der Waals surface area contributed by atoms with E-state index in [1.165, 1.54) is 59.4 Å². The maximum atomic E-state index is 14.1. The SMILES string of the molecule is Fc1ccc(-c2cc(C(F)F)c3cnn(-c4ccccc4F)c3n2)cc1. The minimum absolute atomic E-state index is 0.103. The second kappa shape index (κ2) is 6.25. The molecule has 0 bridgehead atoms. The Morgan fingerprint density at radius 2 is 1.65 bits per heavy atom. The van der Waals surface area contributed by atoms with E-state index in [1.54, 1.807) is 6.07 Å². The third-order valence-electron chi connectivity index (χ3n) is 4.03. The van der Waals surface area contributed by atoms with Gasteiger partial charge in [0.05, 0.1) is 11.9 Å². The van der Waals surface area contributed by atoms with Gasteiger partial charge in [0.2, 0.25) is 0 Å². The topological polar surface area (TPSA) is 30.7 Å². The summed E-state index contributed by atoms with van der Waals surface area (Å²) in [6.07, 6.45) is -1.52. The summed E-state index contributed by atoms with van der Waals surface area (Å²) in [7, 11) is 0. The van der Waals surface area contributed by atoms with Gasteiger partial charge in [0, 0.05) is 16.5 Å². The van der Waals surface area contributed by atoms with Crippen LogP contribution in [0.15, 0.2) is 60.8 Å². The van der Waals surface area contributed by atoms with Crippen LogP contribution in [0.25, 0.3) is 28.0 Å². The standard InChI is InChI=1S/C19H11F4N3/c20-12-7-5-11(6-8-12)16-9-13(18(22)23)14-10-24-26(19(14)25-16)17-4-2-1-3-15(17)21/h1-10,18H. The van der Waals surface area contributed by atoms with Crippen LogP contribution in [0.1, 0.15) is 12.0 Å². The molecule has 0 N–H and O–H groups in total. The molecule has 26 heavy (non-hydrogen) atoms. The van der Waals surface area contributed by atoms with Crippen LogP contribution in [0.5, 0.6) is 0 Å². The Labute approximate surface area is 145 Å². The van der Waals surface area contributed by atoms with Crippen molar-refractivity contribution in [2.75, 3.05) is 0 Å². The molecule has 2 aromatic carbocycles. The molecule has 0 aliphatic carbocycles. The number of nitrogens with zero attached hydrogens (tertiary/aromatic N) is 3. The first-order valence-corrected chi connectivity index (χ1v) is 7.72. The largest absolute Gasteiger partial charge is 0.264 e. The summed E-state index contributed by atoms with van der Waals surface area (Å²) >= 11 is 0. The van der Waals surface area contributed by atoms with Crippen molar-refractivity contribution in [2.24, 2.45) is 0 Å². The summed E-state index contributed by atoms with van der Waals surface area (Å²) in [5, 5.41) is 4.17. The van der Waals surface area contributed by atoms with Crippen LogP contribution in [0, 0.1) is 11.6 Å². The zero-order chi connectivity index (χ0) is 18.3. The molecule has 4 aromatic rings. The molecule has 0 saturated heterocycles. The molecule has 7 heteroatoms. The van der Waals surface area contributed by atoms with Crippen molar-refractivity contribution in [2.45, 2.75) is 6.43 Å². The van der Waals surface area contributed by atoms with Crippen molar-refractivity contribution in [1.29, 1.82) is 0 Å². The van der Waals surface area contributed by atoms with Gasteiger partial charge in [0.1, 0.15) is 17.3 Å². The summed E-state index contributed by atoms with van der Waals surface area (Å²) in [6.45, 7) is 0. The Balaban J connectivity index is 1.99. The second-order valence-electron chi connectivity index (χ2n) is 5.65. The fourth-order valence-electron chi connectivity index (χ4n) is 2.77. The van der Waals surface area contributed by atoms with E-state index >= 15 is 0 Å². The van der Waals surface area contributed by atoms with Crippen LogP contribution in [-0.2, 0) is 0 Å². The molecule has 130 valence electrons. The van der Waals surface area contributed by atoms with Gasteiger partial charge in [-0.2, -0.15) is 5.10 Å². The van der Waals surface area contributed by atoms with E-state index in [2.05, 4.69) is 10.1 Å². The second-order valence-corrected chi connectivity index (χ2v) is 5.65. The van der Waals surface area contributed by atoms with Crippen molar-refractivity contribution in [1.82, 2.24) is 14.8 Å². The van der Waals surface area contributed by atoms with Gasteiger partial charge in [0.15, 0.2) is 5.65 Å². The van der Waals surface area contributed by atoms with E-state index in [4.69, 9.17) is 0 Å². The maximum absolute atomic E-state index is 14.1. The molecule has 2 aromatic heterocycles. The molecular formula is C19H11F4N3. The Hall–Kier alpha value is -3.22. The molecule has 0 spiro atoms. The highest BCUT2D eigenvalue weighted by Gasteiger charge is 2.20. The number of rotatable bonds is 3. The van der Waals surface area contributed by atoms with Gasteiger partial charge >= 0.3 is 0 Å². The Morgan fingerprint density at radius 1 is 0.923 bits per heavy atom. The average molecular weight is 357 g/mol. The van der Waals surface area contributed by atoms with Crippen molar-refractivity contribution < 1.29 is 17.6 Å². The smallest absolute Gasteiger partial charge is 0.228 e. The van der Waals surface area contributed by atoms with E-state index < -0.39 is 18.1 Å². The molecule has 2 heterocycles. The Kier molecular flexibility index (Phi) is 3.91. The molecule has 0 fully saturated rings. The predicted octanol–water partition coefficient (Wildman–Crippen LogP) is 5.30. The van der Waals surface area contributed by atoms with E-state index in [0.717, 1.165) is 0 Å². The van der Waals surface area contributed by atoms with Gasteiger partial charge in [-0.3, -0.25) is 0 Å². The lowest BCUT2D eigenvalue weighted by Gasteiger charge is -2.09. The van der Waals surface area contributed by atoms with Crippen molar-refractivity contribution >= 4 is 11.0 Å². The molecular weight excluding hydrogens is 346 g/mol. The van der Waals surface area contributed by atoms with E-state index in [1.807, 2.05) is 0 Å². The van der Waals surface area contributed by atoms with Gasteiger partial charge in [-0.05, 0) is 42.5 Å². The lowest BCUT2D eigenvalue weighted by Crippen LogP contribution is -2.02. The van der Waals surface area contributed by atoms with Gasteiger partial charge in [0.25, 0.3) is 6.43 Å². The third kappa shape index (κ3) is 2.71. The minimum Gasteiger partial charge on any atom is -0.228 e. The first-order valence-electron chi connectivity index (χ1n) is 7.72. The average Bonchev–Trinajstić information content (AvgIpc) is 3.05. The quantitative estimate of drug-likeness (QED) is 0.466. The number of halogens is 4.